The van der Waals surface area contributed by atoms with Crippen molar-refractivity contribution in [2.24, 2.45) is 0 Å². The van der Waals surface area contributed by atoms with Gasteiger partial charge in [0.05, 0.1) is 37.4 Å². The summed E-state index contributed by atoms with van der Waals surface area (Å²) in [7, 11) is 0. The molecule has 0 aliphatic carbocycles. The van der Waals surface area contributed by atoms with Crippen LogP contribution in [0.2, 0.25) is 0 Å². The Kier molecular flexibility index (Phi) is 7.05. The Hall–Kier alpha value is -3.48. The molecule has 0 bridgehead atoms. The minimum Gasteiger partial charge on any atom is -0.379 e. The molecule has 1 atom stereocenters. The van der Waals surface area contributed by atoms with Crippen molar-refractivity contribution >= 4 is 22.6 Å². The lowest BCUT2D eigenvalue weighted by molar-refractivity contribution is -0.140. The number of aromatic amines is 1. The Labute approximate surface area is 198 Å². The van der Waals surface area contributed by atoms with E-state index >= 15 is 0 Å². The number of hydrogen-bond acceptors (Lipinski definition) is 7. The molecule has 0 aromatic carbocycles. The minimum absolute atomic E-state index is 0.0149. The highest BCUT2D eigenvalue weighted by atomic mass is 19.4. The molecule has 4 heterocycles. The number of rotatable bonds is 7. The van der Waals surface area contributed by atoms with Crippen LogP contribution in [-0.2, 0) is 15.7 Å². The molecule has 35 heavy (non-hydrogen) atoms. The number of H-pyrrole nitrogens is 1. The lowest BCUT2D eigenvalue weighted by Crippen LogP contribution is -2.49. The van der Waals surface area contributed by atoms with Crippen molar-refractivity contribution in [1.82, 2.24) is 29.9 Å². The second-order valence-electron chi connectivity index (χ2n) is 8.49. The summed E-state index contributed by atoms with van der Waals surface area (Å²) >= 11 is 0. The second kappa shape index (κ2) is 10.0. The van der Waals surface area contributed by atoms with Gasteiger partial charge in [-0.1, -0.05) is 6.07 Å². The van der Waals surface area contributed by atoms with Crippen molar-refractivity contribution in [3.63, 3.8) is 0 Å². The van der Waals surface area contributed by atoms with Crippen molar-refractivity contribution in [2.45, 2.75) is 32.5 Å². The highest BCUT2D eigenvalue weighted by Crippen LogP contribution is 2.33. The summed E-state index contributed by atoms with van der Waals surface area (Å²) in [5, 5.41) is 8.65. The molecule has 188 valence electrons. The van der Waals surface area contributed by atoms with Gasteiger partial charge in [0, 0.05) is 32.4 Å². The van der Waals surface area contributed by atoms with Crippen LogP contribution in [0.25, 0.3) is 10.9 Å². The van der Waals surface area contributed by atoms with E-state index in [1.165, 1.54) is 0 Å². The summed E-state index contributed by atoms with van der Waals surface area (Å²) in [6.07, 6.45) is -1.69. The first-order valence-electron chi connectivity index (χ1n) is 11.2. The number of ether oxygens (including phenoxy) is 1. The van der Waals surface area contributed by atoms with Gasteiger partial charge in [0.1, 0.15) is 11.2 Å². The molecule has 1 fully saturated rings. The normalized spacial score (nSPS) is 15.6. The number of fused-ring (bicyclic) bond motifs is 1. The number of nitrogens with one attached hydrogen (secondary N) is 1. The number of aromatic nitrogens is 5. The van der Waals surface area contributed by atoms with Crippen molar-refractivity contribution in [1.29, 1.82) is 0 Å². The maximum absolute atomic E-state index is 13.4. The predicted molar refractivity (Wildman–Crippen MR) is 121 cm³/mol. The zero-order valence-electron chi connectivity index (χ0n) is 19.4. The molecular weight excluding hydrogens is 467 g/mol. The van der Waals surface area contributed by atoms with E-state index in [2.05, 4.69) is 20.1 Å². The SMILES string of the molecule is Cc1ccc(N2CCN(C(=O)CCOCC(C)n3nc(C(F)(F)F)c4c(=O)[nH]ncc43)CC2)nc1. The molecule has 1 saturated heterocycles. The number of halogens is 3. The van der Waals surface area contributed by atoms with Gasteiger partial charge in [-0.2, -0.15) is 23.4 Å². The van der Waals surface area contributed by atoms with Crippen LogP contribution < -0.4 is 10.5 Å². The third-order valence-electron chi connectivity index (χ3n) is 5.88. The summed E-state index contributed by atoms with van der Waals surface area (Å²) in [4.78, 5) is 32.8. The molecule has 0 spiro atoms. The van der Waals surface area contributed by atoms with Crippen molar-refractivity contribution in [3.05, 3.63) is 46.1 Å². The van der Waals surface area contributed by atoms with E-state index in [4.69, 9.17) is 4.74 Å². The molecule has 3 aromatic rings. The molecule has 1 N–H and O–H groups in total. The van der Waals surface area contributed by atoms with Gasteiger partial charge < -0.3 is 14.5 Å². The number of aryl methyl sites for hydroxylation is 1. The standard InChI is InChI=1S/C22H26F3N7O3/c1-14-3-4-17(26-11-14)30-6-8-31(9-7-30)18(33)5-10-35-13-15(2)32-16-12-27-28-21(34)19(16)20(29-32)22(23,24)25/h3-4,11-12,15H,5-10,13H2,1-2H3,(H,28,34). The van der Waals surface area contributed by atoms with Crippen LogP contribution in [0.4, 0.5) is 19.0 Å². The topological polar surface area (TPSA) is 109 Å². The first-order chi connectivity index (χ1) is 16.6. The highest BCUT2D eigenvalue weighted by Gasteiger charge is 2.38. The van der Waals surface area contributed by atoms with Crippen molar-refractivity contribution < 1.29 is 22.7 Å². The van der Waals surface area contributed by atoms with Gasteiger partial charge in [0.25, 0.3) is 5.56 Å². The summed E-state index contributed by atoms with van der Waals surface area (Å²) in [6, 6.07) is 3.36. The van der Waals surface area contributed by atoms with E-state index in [1.54, 1.807) is 11.8 Å². The Balaban J connectivity index is 1.28. The summed E-state index contributed by atoms with van der Waals surface area (Å²) < 4.78 is 46.7. The van der Waals surface area contributed by atoms with Crippen LogP contribution in [0, 0.1) is 6.92 Å². The average molecular weight is 493 g/mol. The fraction of sp³-hybridized carbons (Fsp3) is 0.500. The van der Waals surface area contributed by atoms with Gasteiger partial charge in [-0.25, -0.2) is 10.1 Å². The molecule has 13 heteroatoms. The van der Waals surface area contributed by atoms with Crippen molar-refractivity contribution in [2.75, 3.05) is 44.3 Å². The Bertz CT molecular complexity index is 1230. The zero-order valence-corrected chi connectivity index (χ0v) is 19.4. The van der Waals surface area contributed by atoms with Gasteiger partial charge in [-0.3, -0.25) is 14.3 Å². The smallest absolute Gasteiger partial charge is 0.379 e. The number of pyridine rings is 1. The molecule has 10 nitrogen and oxygen atoms in total. The monoisotopic (exact) mass is 493 g/mol. The fourth-order valence-corrected chi connectivity index (χ4v) is 4.01. The van der Waals surface area contributed by atoms with Crippen LogP contribution in [0.3, 0.4) is 0 Å². The lowest BCUT2D eigenvalue weighted by Gasteiger charge is -2.35. The third-order valence-corrected chi connectivity index (χ3v) is 5.88. The van der Waals surface area contributed by atoms with E-state index < -0.39 is 28.9 Å². The van der Waals surface area contributed by atoms with Crippen LogP contribution in [0.15, 0.2) is 29.3 Å². The van der Waals surface area contributed by atoms with Gasteiger partial charge >= 0.3 is 6.18 Å². The zero-order chi connectivity index (χ0) is 25.2. The highest BCUT2D eigenvalue weighted by molar-refractivity contribution is 5.80. The Morgan fingerprint density at radius 2 is 1.94 bits per heavy atom. The number of amides is 1. The second-order valence-corrected chi connectivity index (χ2v) is 8.49. The number of anilines is 1. The number of carbonyl (C=O) groups is 1. The Morgan fingerprint density at radius 1 is 1.20 bits per heavy atom. The van der Waals surface area contributed by atoms with Crippen LogP contribution in [-0.4, -0.2) is 75.2 Å². The largest absolute Gasteiger partial charge is 0.435 e. The van der Waals surface area contributed by atoms with Crippen LogP contribution >= 0.6 is 0 Å². The van der Waals surface area contributed by atoms with Gasteiger partial charge in [0.2, 0.25) is 5.91 Å². The summed E-state index contributed by atoms with van der Waals surface area (Å²) in [5.41, 5.74) is -1.17. The number of nitrogens with zero attached hydrogens (tertiary/aromatic N) is 6. The molecule has 4 rings (SSSR count). The fourth-order valence-electron chi connectivity index (χ4n) is 4.01. The minimum atomic E-state index is -4.79. The quantitative estimate of drug-likeness (QED) is 0.503. The number of carbonyl (C=O) groups excluding carboxylic acids is 1. The number of piperazine rings is 1. The Morgan fingerprint density at radius 3 is 2.60 bits per heavy atom. The van der Waals surface area contributed by atoms with E-state index in [1.807, 2.05) is 30.4 Å². The predicted octanol–water partition coefficient (Wildman–Crippen LogP) is 2.16. The molecule has 1 aliphatic heterocycles. The van der Waals surface area contributed by atoms with Crippen LogP contribution in [0.5, 0.6) is 0 Å². The van der Waals surface area contributed by atoms with Gasteiger partial charge in [-0.15, -0.1) is 0 Å². The van der Waals surface area contributed by atoms with Gasteiger partial charge in [0.15, 0.2) is 5.69 Å². The maximum atomic E-state index is 13.4. The summed E-state index contributed by atoms with van der Waals surface area (Å²) in [6.45, 7) is 6.24. The molecular formula is C22H26F3N7O3. The van der Waals surface area contributed by atoms with E-state index in [9.17, 15) is 22.8 Å². The van der Waals surface area contributed by atoms with Crippen LogP contribution in [0.1, 0.15) is 30.6 Å². The molecule has 0 radical (unpaired) electrons. The molecule has 1 amide bonds. The van der Waals surface area contributed by atoms with E-state index in [-0.39, 0.29) is 31.1 Å². The van der Waals surface area contributed by atoms with Gasteiger partial charge in [-0.05, 0) is 25.5 Å². The van der Waals surface area contributed by atoms with E-state index in [0.29, 0.717) is 26.2 Å². The number of alkyl halides is 3. The first kappa shape index (κ1) is 24.6. The maximum Gasteiger partial charge on any atom is 0.435 e. The molecule has 0 saturated carbocycles. The lowest BCUT2D eigenvalue weighted by atomic mass is 10.2. The molecule has 1 aliphatic rings. The molecule has 3 aromatic heterocycles. The molecule has 1 unspecified atom stereocenters. The first-order valence-corrected chi connectivity index (χ1v) is 11.2. The van der Waals surface area contributed by atoms with Crippen molar-refractivity contribution in [3.8, 4) is 0 Å². The number of hydrogen-bond donors (Lipinski definition) is 1. The average Bonchev–Trinajstić information content (AvgIpc) is 3.24. The third kappa shape index (κ3) is 5.45. The summed E-state index contributed by atoms with van der Waals surface area (Å²) in [5.74, 6) is 0.839. The van der Waals surface area contributed by atoms with E-state index in [0.717, 1.165) is 22.3 Å².